The number of rotatable bonds is 4. The Morgan fingerprint density at radius 1 is 1.30 bits per heavy atom. The third kappa shape index (κ3) is 3.46. The van der Waals surface area contributed by atoms with E-state index in [1.54, 1.807) is 4.90 Å². The highest BCUT2D eigenvalue weighted by Gasteiger charge is 2.50. The van der Waals surface area contributed by atoms with Crippen LogP contribution >= 0.6 is 0 Å². The maximum absolute atomic E-state index is 12.1. The lowest BCUT2D eigenvalue weighted by molar-refractivity contribution is -0.318. The fourth-order valence-corrected chi connectivity index (χ4v) is 2.93. The fourth-order valence-electron chi connectivity index (χ4n) is 2.93. The first-order valence-electron chi connectivity index (χ1n) is 7.59. The van der Waals surface area contributed by atoms with E-state index < -0.39 is 11.7 Å². The summed E-state index contributed by atoms with van der Waals surface area (Å²) in [6, 6.07) is 9.53. The Bertz CT molecular complexity index is 541. The molecule has 3 rings (SSSR count). The van der Waals surface area contributed by atoms with E-state index in [0.29, 0.717) is 32.4 Å². The minimum atomic E-state index is -0.656. The average Bonchev–Trinajstić information content (AvgIpc) is 2.97. The summed E-state index contributed by atoms with van der Waals surface area (Å²) in [5, 5.41) is 0. The number of piperidine rings is 1. The first kappa shape index (κ1) is 15.8. The van der Waals surface area contributed by atoms with Crippen LogP contribution in [0.15, 0.2) is 30.3 Å². The van der Waals surface area contributed by atoms with Gasteiger partial charge in [-0.15, -0.1) is 0 Å². The Morgan fingerprint density at radius 2 is 2.04 bits per heavy atom. The molecule has 1 amide bonds. The summed E-state index contributed by atoms with van der Waals surface area (Å²) < 4.78 is 10.4. The number of benzene rings is 1. The Labute approximate surface area is 134 Å². The van der Waals surface area contributed by atoms with Crippen LogP contribution in [-0.4, -0.2) is 48.9 Å². The van der Waals surface area contributed by atoms with Crippen LogP contribution in [-0.2, 0) is 30.7 Å². The van der Waals surface area contributed by atoms with Gasteiger partial charge in [0.1, 0.15) is 18.8 Å². The van der Waals surface area contributed by atoms with Gasteiger partial charge in [-0.05, 0) is 5.56 Å². The van der Waals surface area contributed by atoms with Gasteiger partial charge in [-0.2, -0.15) is 0 Å². The van der Waals surface area contributed by atoms with Crippen molar-refractivity contribution in [1.82, 2.24) is 4.90 Å². The average molecular weight is 321 g/mol. The molecule has 23 heavy (non-hydrogen) atoms. The largest absolute Gasteiger partial charge is 0.459 e. The van der Waals surface area contributed by atoms with Crippen LogP contribution in [0.3, 0.4) is 0 Å². The first-order valence-corrected chi connectivity index (χ1v) is 7.59. The molecule has 1 spiro atoms. The highest BCUT2D eigenvalue weighted by Crippen LogP contribution is 2.36. The summed E-state index contributed by atoms with van der Waals surface area (Å²) in [5.74, 6) is 0. The zero-order valence-corrected chi connectivity index (χ0v) is 12.7. The molecule has 0 aliphatic carbocycles. The van der Waals surface area contributed by atoms with Crippen molar-refractivity contribution in [2.45, 2.75) is 31.2 Å². The first-order chi connectivity index (χ1) is 11.2. The maximum Gasteiger partial charge on any atom is 0.410 e. The summed E-state index contributed by atoms with van der Waals surface area (Å²) in [7, 11) is 0. The number of nitrogens with zero attached hydrogens (tertiary/aromatic N) is 1. The number of carbonyl (C=O) groups excluding carboxylic acids is 2. The normalized spacial score (nSPS) is 22.8. The number of likely N-dealkylation sites (tertiary alicyclic amines) is 1. The predicted molar refractivity (Wildman–Crippen MR) is 78.1 cm³/mol. The van der Waals surface area contributed by atoms with Gasteiger partial charge in [-0.25, -0.2) is 14.6 Å². The zero-order valence-electron chi connectivity index (χ0n) is 12.7. The molecule has 7 nitrogen and oxygen atoms in total. The van der Waals surface area contributed by atoms with E-state index in [9.17, 15) is 9.59 Å². The molecule has 2 heterocycles. The van der Waals surface area contributed by atoms with E-state index in [-0.39, 0.29) is 19.3 Å². The van der Waals surface area contributed by atoms with Gasteiger partial charge >= 0.3 is 6.09 Å². The lowest BCUT2D eigenvalue weighted by Gasteiger charge is -2.38. The molecule has 0 radical (unpaired) electrons. The van der Waals surface area contributed by atoms with Crippen LogP contribution in [0.1, 0.15) is 18.4 Å². The zero-order chi connectivity index (χ0) is 16.1. The molecule has 2 fully saturated rings. The van der Waals surface area contributed by atoms with E-state index in [2.05, 4.69) is 0 Å². The Hall–Kier alpha value is -2.12. The van der Waals surface area contributed by atoms with Gasteiger partial charge in [0.25, 0.3) is 6.47 Å². The predicted octanol–water partition coefficient (Wildman–Crippen LogP) is 1.66. The number of ether oxygens (including phenoxy) is 2. The molecule has 1 unspecified atom stereocenters. The second kappa shape index (κ2) is 6.97. The molecule has 0 aromatic heterocycles. The highest BCUT2D eigenvalue weighted by molar-refractivity contribution is 5.67. The molecule has 2 aliphatic rings. The Balaban J connectivity index is 1.50. The monoisotopic (exact) mass is 321 g/mol. The van der Waals surface area contributed by atoms with E-state index in [0.717, 1.165) is 5.56 Å². The van der Waals surface area contributed by atoms with E-state index in [1.165, 1.54) is 0 Å². The van der Waals surface area contributed by atoms with Crippen LogP contribution in [0.4, 0.5) is 4.79 Å². The summed E-state index contributed by atoms with van der Waals surface area (Å²) in [6.45, 7) is 1.81. The maximum atomic E-state index is 12.1. The molecular formula is C16H19NO6. The van der Waals surface area contributed by atoms with Gasteiger partial charge < -0.3 is 14.4 Å². The van der Waals surface area contributed by atoms with Crippen molar-refractivity contribution in [2.75, 3.05) is 19.7 Å². The van der Waals surface area contributed by atoms with E-state index in [1.807, 2.05) is 30.3 Å². The SMILES string of the molecule is O=COC1COOC12CCN(C(=O)OCc1ccccc1)CC2. The van der Waals surface area contributed by atoms with Gasteiger partial charge in [0.05, 0.1) is 0 Å². The fraction of sp³-hybridized carbons (Fsp3) is 0.500. The van der Waals surface area contributed by atoms with Gasteiger partial charge in [-0.3, -0.25) is 4.79 Å². The minimum absolute atomic E-state index is 0.219. The molecule has 124 valence electrons. The topological polar surface area (TPSA) is 74.3 Å². The number of hydrogen-bond acceptors (Lipinski definition) is 6. The number of carbonyl (C=O) groups is 2. The van der Waals surface area contributed by atoms with Crippen molar-refractivity contribution in [3.63, 3.8) is 0 Å². The van der Waals surface area contributed by atoms with Gasteiger partial charge in [0, 0.05) is 25.9 Å². The molecule has 0 N–H and O–H groups in total. The lowest BCUT2D eigenvalue weighted by Crippen LogP contribution is -2.52. The van der Waals surface area contributed by atoms with Crippen LogP contribution in [0, 0.1) is 0 Å². The van der Waals surface area contributed by atoms with Crippen LogP contribution in [0.25, 0.3) is 0 Å². The minimum Gasteiger partial charge on any atom is -0.459 e. The molecule has 0 saturated carbocycles. The molecule has 0 bridgehead atoms. The van der Waals surface area contributed by atoms with Crippen molar-refractivity contribution in [3.8, 4) is 0 Å². The van der Waals surface area contributed by atoms with E-state index in [4.69, 9.17) is 19.2 Å². The summed E-state index contributed by atoms with van der Waals surface area (Å²) in [5.41, 5.74) is 0.290. The lowest BCUT2D eigenvalue weighted by atomic mass is 9.86. The highest BCUT2D eigenvalue weighted by atomic mass is 17.2. The van der Waals surface area contributed by atoms with Crippen molar-refractivity contribution >= 4 is 12.6 Å². The van der Waals surface area contributed by atoms with E-state index >= 15 is 0 Å². The van der Waals surface area contributed by atoms with Crippen molar-refractivity contribution < 1.29 is 28.8 Å². The van der Waals surface area contributed by atoms with Gasteiger partial charge in [-0.1, -0.05) is 30.3 Å². The molecule has 1 aromatic rings. The van der Waals surface area contributed by atoms with Gasteiger partial charge in [0.15, 0.2) is 6.10 Å². The summed E-state index contributed by atoms with van der Waals surface area (Å²) >= 11 is 0. The third-order valence-corrected chi connectivity index (χ3v) is 4.32. The Kier molecular flexibility index (Phi) is 4.78. The van der Waals surface area contributed by atoms with Crippen molar-refractivity contribution in [1.29, 1.82) is 0 Å². The van der Waals surface area contributed by atoms with Gasteiger partial charge in [0.2, 0.25) is 0 Å². The van der Waals surface area contributed by atoms with Crippen LogP contribution in [0.2, 0.25) is 0 Å². The third-order valence-electron chi connectivity index (χ3n) is 4.32. The quantitative estimate of drug-likeness (QED) is 0.620. The van der Waals surface area contributed by atoms with Crippen molar-refractivity contribution in [3.05, 3.63) is 35.9 Å². The molecule has 1 aromatic carbocycles. The number of amides is 1. The summed E-state index contributed by atoms with van der Waals surface area (Å²) in [4.78, 5) is 34.6. The molecule has 2 saturated heterocycles. The smallest absolute Gasteiger partial charge is 0.410 e. The Morgan fingerprint density at radius 3 is 2.74 bits per heavy atom. The second-order valence-corrected chi connectivity index (χ2v) is 5.68. The molecule has 7 heteroatoms. The van der Waals surface area contributed by atoms with Crippen LogP contribution < -0.4 is 0 Å². The second-order valence-electron chi connectivity index (χ2n) is 5.68. The molecule has 2 aliphatic heterocycles. The van der Waals surface area contributed by atoms with Crippen molar-refractivity contribution in [2.24, 2.45) is 0 Å². The summed E-state index contributed by atoms with van der Waals surface area (Å²) in [6.07, 6.45) is 0.288. The number of hydrogen-bond donors (Lipinski definition) is 0. The molecule has 1 atom stereocenters. The molecular weight excluding hydrogens is 302 g/mol. The van der Waals surface area contributed by atoms with Crippen LogP contribution in [0.5, 0.6) is 0 Å². The standard InChI is InChI=1S/C16H19NO6/c18-12-21-14-11-22-23-16(14)6-8-17(9-7-16)15(19)20-10-13-4-2-1-3-5-13/h1-5,12,14H,6-11H2.